The van der Waals surface area contributed by atoms with Crippen LogP contribution in [-0.4, -0.2) is 17.7 Å². The van der Waals surface area contributed by atoms with Gasteiger partial charge >= 0.3 is 6.09 Å². The highest BCUT2D eigenvalue weighted by Crippen LogP contribution is 2.36. The van der Waals surface area contributed by atoms with Crippen molar-refractivity contribution in [3.8, 4) is 11.1 Å². The molecule has 4 nitrogen and oxygen atoms in total. The smallest absolute Gasteiger partial charge is 0.407 e. The normalized spacial score (nSPS) is 10.9. The second-order valence-electron chi connectivity index (χ2n) is 7.33. The van der Waals surface area contributed by atoms with Gasteiger partial charge in [-0.25, -0.2) is 9.78 Å². The zero-order valence-electron chi connectivity index (χ0n) is 17.7. The van der Waals surface area contributed by atoms with Crippen LogP contribution in [0, 0.1) is 0 Å². The molecule has 1 amide bonds. The third kappa shape index (κ3) is 6.61. The quantitative estimate of drug-likeness (QED) is 0.360. The van der Waals surface area contributed by atoms with Crippen LogP contribution in [0.25, 0.3) is 11.1 Å². The van der Waals surface area contributed by atoms with Crippen molar-refractivity contribution in [1.82, 2.24) is 10.3 Å². The Hall–Kier alpha value is -2.31. The fourth-order valence-electron chi connectivity index (χ4n) is 2.86. The molecule has 3 rings (SSSR count). The van der Waals surface area contributed by atoms with Crippen molar-refractivity contribution in [2.75, 3.05) is 6.61 Å². The van der Waals surface area contributed by atoms with Gasteiger partial charge in [0.1, 0.15) is 5.01 Å². The van der Waals surface area contributed by atoms with Crippen LogP contribution >= 0.6 is 23.1 Å². The monoisotopic (exact) mass is 440 g/mol. The number of carbonyl (C=O) groups excluding carboxylic acids is 1. The molecule has 1 heterocycles. The summed E-state index contributed by atoms with van der Waals surface area (Å²) in [5, 5.41) is 3.64. The lowest BCUT2D eigenvalue weighted by atomic mass is 9.97. The number of aromatic nitrogens is 1. The molecule has 6 heteroatoms. The molecule has 0 bridgehead atoms. The number of alkyl carbamates (subject to hydrolysis) is 1. The van der Waals surface area contributed by atoms with Gasteiger partial charge in [0.05, 0.1) is 23.6 Å². The molecular weight excluding hydrogens is 412 g/mol. The van der Waals surface area contributed by atoms with E-state index >= 15 is 0 Å². The summed E-state index contributed by atoms with van der Waals surface area (Å²) >= 11 is 3.31. The molecule has 0 radical (unpaired) electrons. The first-order chi connectivity index (χ1) is 14.5. The molecular formula is C24H28N2O2S2. The van der Waals surface area contributed by atoms with Gasteiger partial charge in [0.25, 0.3) is 0 Å². The van der Waals surface area contributed by atoms with Gasteiger partial charge in [0.2, 0.25) is 0 Å². The average molecular weight is 441 g/mol. The van der Waals surface area contributed by atoms with E-state index in [2.05, 4.69) is 73.5 Å². The van der Waals surface area contributed by atoms with Crippen LogP contribution < -0.4 is 5.32 Å². The van der Waals surface area contributed by atoms with Gasteiger partial charge in [-0.15, -0.1) is 11.3 Å². The van der Waals surface area contributed by atoms with Crippen molar-refractivity contribution in [2.24, 2.45) is 0 Å². The minimum absolute atomic E-state index is 0.384. The topological polar surface area (TPSA) is 51.2 Å². The lowest BCUT2D eigenvalue weighted by molar-refractivity contribution is 0.144. The summed E-state index contributed by atoms with van der Waals surface area (Å²) in [5.74, 6) is 0.452. The van der Waals surface area contributed by atoms with Crippen LogP contribution in [0.4, 0.5) is 4.79 Å². The van der Waals surface area contributed by atoms with E-state index in [4.69, 9.17) is 4.74 Å². The summed E-state index contributed by atoms with van der Waals surface area (Å²) in [6.45, 7) is 7.34. The van der Waals surface area contributed by atoms with Gasteiger partial charge in [-0.1, -0.05) is 75.4 Å². The molecule has 3 aromatic rings. The average Bonchev–Trinajstić information content (AvgIpc) is 3.20. The van der Waals surface area contributed by atoms with Gasteiger partial charge < -0.3 is 10.1 Å². The van der Waals surface area contributed by atoms with Crippen molar-refractivity contribution >= 4 is 29.2 Å². The Balaban J connectivity index is 1.68. The molecule has 0 aliphatic rings. The summed E-state index contributed by atoms with van der Waals surface area (Å²) in [6, 6.07) is 17.2. The third-order valence-corrected chi connectivity index (χ3v) is 6.64. The summed E-state index contributed by atoms with van der Waals surface area (Å²) in [6.07, 6.45) is 3.37. The fourth-order valence-corrected chi connectivity index (χ4v) is 4.91. The minimum atomic E-state index is -0.384. The third-order valence-electron chi connectivity index (χ3n) is 4.57. The fraction of sp³-hybridized carbons (Fsp3) is 0.333. The first-order valence-electron chi connectivity index (χ1n) is 10.3. The van der Waals surface area contributed by atoms with E-state index in [0.29, 0.717) is 19.1 Å². The summed E-state index contributed by atoms with van der Waals surface area (Å²) in [5.41, 5.74) is 3.77. The van der Waals surface area contributed by atoms with Crippen molar-refractivity contribution in [1.29, 1.82) is 0 Å². The highest BCUT2D eigenvalue weighted by molar-refractivity contribution is 8.01. The number of ether oxygens (including phenoxy) is 1. The molecule has 0 saturated carbocycles. The predicted molar refractivity (Wildman–Crippen MR) is 125 cm³/mol. The summed E-state index contributed by atoms with van der Waals surface area (Å²) in [7, 11) is 0. The molecule has 0 atom stereocenters. The number of hydrogen-bond donors (Lipinski definition) is 1. The molecule has 0 saturated heterocycles. The van der Waals surface area contributed by atoms with Crippen LogP contribution in [0.1, 0.15) is 50.1 Å². The number of unbranched alkanes of at least 4 members (excludes halogenated alkanes) is 1. The van der Waals surface area contributed by atoms with E-state index in [9.17, 15) is 4.79 Å². The first kappa shape index (κ1) is 22.4. The molecule has 2 aromatic carbocycles. The minimum Gasteiger partial charge on any atom is -0.450 e. The number of carbonyl (C=O) groups is 1. The maximum absolute atomic E-state index is 11.7. The van der Waals surface area contributed by atoms with Crippen molar-refractivity contribution < 1.29 is 9.53 Å². The van der Waals surface area contributed by atoms with Gasteiger partial charge in [0.15, 0.2) is 0 Å². The molecule has 158 valence electrons. The van der Waals surface area contributed by atoms with Crippen LogP contribution in [0.15, 0.2) is 63.8 Å². The van der Waals surface area contributed by atoms with E-state index in [1.165, 1.54) is 21.6 Å². The number of benzene rings is 2. The number of rotatable bonds is 9. The molecule has 0 aliphatic carbocycles. The number of nitrogens with one attached hydrogen (secondary N) is 1. The number of hydrogen-bond acceptors (Lipinski definition) is 5. The van der Waals surface area contributed by atoms with Crippen molar-refractivity contribution in [3.05, 3.63) is 65.3 Å². The Labute approximate surface area is 187 Å². The van der Waals surface area contributed by atoms with Gasteiger partial charge in [-0.3, -0.25) is 0 Å². The van der Waals surface area contributed by atoms with Gasteiger partial charge in [-0.05, 0) is 41.2 Å². The molecule has 1 aromatic heterocycles. The SMILES string of the molecule is CCCCOC(=O)NCc1ncc(Sc2cc(-c3ccccc3)cc(C(C)C)c2)s1. The second kappa shape index (κ2) is 11.2. The molecule has 30 heavy (non-hydrogen) atoms. The van der Waals surface area contributed by atoms with E-state index < -0.39 is 0 Å². The molecule has 0 spiro atoms. The maximum atomic E-state index is 11.7. The molecule has 0 aliphatic heterocycles. The van der Waals surface area contributed by atoms with E-state index in [0.717, 1.165) is 22.1 Å². The van der Waals surface area contributed by atoms with E-state index in [1.807, 2.05) is 12.3 Å². The number of thiazole rings is 1. The second-order valence-corrected chi connectivity index (χ2v) is 9.82. The number of amides is 1. The van der Waals surface area contributed by atoms with Crippen molar-refractivity contribution in [3.63, 3.8) is 0 Å². The largest absolute Gasteiger partial charge is 0.450 e. The highest BCUT2D eigenvalue weighted by atomic mass is 32.2. The Kier molecular flexibility index (Phi) is 8.34. The van der Waals surface area contributed by atoms with Crippen LogP contribution in [0.2, 0.25) is 0 Å². The Morgan fingerprint density at radius 2 is 1.97 bits per heavy atom. The standard InChI is InChI=1S/C24H28N2O2S2/c1-4-5-11-28-24(27)26-15-22-25-16-23(30-22)29-21-13-19(17(2)3)12-20(14-21)18-9-7-6-8-10-18/h6-10,12-14,16-17H,4-5,11,15H2,1-3H3,(H,26,27). The zero-order valence-corrected chi connectivity index (χ0v) is 19.3. The predicted octanol–water partition coefficient (Wildman–Crippen LogP) is 7.11. The zero-order chi connectivity index (χ0) is 21.3. The van der Waals surface area contributed by atoms with Crippen molar-refractivity contribution in [2.45, 2.75) is 55.2 Å². The van der Waals surface area contributed by atoms with E-state index in [1.54, 1.807) is 23.1 Å². The summed E-state index contributed by atoms with van der Waals surface area (Å²) in [4.78, 5) is 17.3. The lowest BCUT2D eigenvalue weighted by Gasteiger charge is -2.12. The highest BCUT2D eigenvalue weighted by Gasteiger charge is 2.10. The van der Waals surface area contributed by atoms with Gasteiger partial charge in [-0.2, -0.15) is 0 Å². The molecule has 0 unspecified atom stereocenters. The van der Waals surface area contributed by atoms with Crippen LogP contribution in [-0.2, 0) is 11.3 Å². The Morgan fingerprint density at radius 3 is 2.70 bits per heavy atom. The summed E-state index contributed by atoms with van der Waals surface area (Å²) < 4.78 is 6.22. The first-order valence-corrected chi connectivity index (χ1v) is 11.9. The molecule has 1 N–H and O–H groups in total. The number of nitrogens with zero attached hydrogens (tertiary/aromatic N) is 1. The lowest BCUT2D eigenvalue weighted by Crippen LogP contribution is -2.24. The van der Waals surface area contributed by atoms with Gasteiger partial charge in [0, 0.05) is 4.90 Å². The van der Waals surface area contributed by atoms with E-state index in [-0.39, 0.29) is 6.09 Å². The maximum Gasteiger partial charge on any atom is 0.407 e. The van der Waals surface area contributed by atoms with Crippen LogP contribution in [0.5, 0.6) is 0 Å². The van der Waals surface area contributed by atoms with Crippen LogP contribution in [0.3, 0.4) is 0 Å². The Morgan fingerprint density at radius 1 is 1.17 bits per heavy atom. The molecule has 0 fully saturated rings. The Bertz CT molecular complexity index is 955.